The van der Waals surface area contributed by atoms with E-state index < -0.39 is 0 Å². The van der Waals surface area contributed by atoms with Gasteiger partial charge in [-0.3, -0.25) is 4.79 Å². The Morgan fingerprint density at radius 3 is 2.67 bits per heavy atom. The minimum absolute atomic E-state index is 0.0303. The van der Waals surface area contributed by atoms with Crippen LogP contribution in [0.5, 0.6) is 11.5 Å². The summed E-state index contributed by atoms with van der Waals surface area (Å²) in [6.45, 7) is 2.84. The molecule has 1 saturated heterocycles. The number of ether oxygens (including phenoxy) is 2. The van der Waals surface area contributed by atoms with E-state index in [-0.39, 0.29) is 29.9 Å². The highest BCUT2D eigenvalue weighted by Gasteiger charge is 2.26. The van der Waals surface area contributed by atoms with E-state index in [1.54, 1.807) is 35.3 Å². The SMILES string of the molecule is COc1cc(NC(=O)C2CCN(c3ccnc(-c4cccc(-n5cccn5)c4)n3)CC2)cc(OCC(=N)/C=C(/C)O)c1. The third-order valence-corrected chi connectivity index (χ3v) is 6.86. The lowest BCUT2D eigenvalue weighted by Crippen LogP contribution is -2.38. The van der Waals surface area contributed by atoms with E-state index in [4.69, 9.17) is 19.9 Å². The van der Waals surface area contributed by atoms with Crippen molar-refractivity contribution in [2.75, 3.05) is 37.0 Å². The van der Waals surface area contributed by atoms with Gasteiger partial charge in [-0.15, -0.1) is 0 Å². The number of hydrogen-bond donors (Lipinski definition) is 3. The van der Waals surface area contributed by atoms with Crippen molar-refractivity contribution in [2.45, 2.75) is 19.8 Å². The van der Waals surface area contributed by atoms with Gasteiger partial charge >= 0.3 is 0 Å². The summed E-state index contributed by atoms with van der Waals surface area (Å²) in [5.41, 5.74) is 2.50. The Balaban J connectivity index is 1.20. The summed E-state index contributed by atoms with van der Waals surface area (Å²) in [4.78, 5) is 24.7. The molecule has 1 fully saturated rings. The van der Waals surface area contributed by atoms with Crippen LogP contribution in [-0.4, -0.2) is 63.3 Å². The van der Waals surface area contributed by atoms with Crippen molar-refractivity contribution in [3.8, 4) is 28.6 Å². The summed E-state index contributed by atoms with van der Waals surface area (Å²) in [6.07, 6.45) is 8.07. The fourth-order valence-corrected chi connectivity index (χ4v) is 4.79. The number of nitrogens with one attached hydrogen (secondary N) is 2. The largest absolute Gasteiger partial charge is 0.513 e. The smallest absolute Gasteiger partial charge is 0.227 e. The third kappa shape index (κ3) is 7.11. The molecule has 3 heterocycles. The molecular weight excluding hydrogens is 534 g/mol. The van der Waals surface area contributed by atoms with Crippen molar-refractivity contribution in [1.82, 2.24) is 19.7 Å². The molecule has 2 aromatic carbocycles. The highest BCUT2D eigenvalue weighted by molar-refractivity contribution is 5.94. The predicted octanol–water partition coefficient (Wildman–Crippen LogP) is 5.05. The number of benzene rings is 2. The average molecular weight is 568 g/mol. The van der Waals surface area contributed by atoms with E-state index in [9.17, 15) is 9.90 Å². The second-order valence-electron chi connectivity index (χ2n) is 9.99. The van der Waals surface area contributed by atoms with Gasteiger partial charge in [0, 0.05) is 67.0 Å². The van der Waals surface area contributed by atoms with Gasteiger partial charge in [0.1, 0.15) is 23.9 Å². The van der Waals surface area contributed by atoms with Gasteiger partial charge in [-0.1, -0.05) is 12.1 Å². The second kappa shape index (κ2) is 13.0. The molecule has 11 heteroatoms. The van der Waals surface area contributed by atoms with Gasteiger partial charge in [0.2, 0.25) is 5.91 Å². The van der Waals surface area contributed by atoms with E-state index in [1.165, 1.54) is 20.1 Å². The fraction of sp³-hybridized carbons (Fsp3) is 0.258. The van der Waals surface area contributed by atoms with Crippen LogP contribution in [0.3, 0.4) is 0 Å². The number of hydrogen-bond acceptors (Lipinski definition) is 9. The lowest BCUT2D eigenvalue weighted by molar-refractivity contribution is -0.120. The molecule has 1 aliphatic rings. The topological polar surface area (TPSA) is 138 Å². The molecule has 0 saturated carbocycles. The van der Waals surface area contributed by atoms with Crippen LogP contribution in [0.1, 0.15) is 19.8 Å². The van der Waals surface area contributed by atoms with Crippen molar-refractivity contribution >= 4 is 23.1 Å². The Hall–Kier alpha value is -5.19. The normalized spacial score (nSPS) is 14.0. The summed E-state index contributed by atoms with van der Waals surface area (Å²) in [6, 6.07) is 16.8. The molecule has 1 amide bonds. The number of piperidine rings is 1. The Labute approximate surface area is 244 Å². The molecule has 0 radical (unpaired) electrons. The highest BCUT2D eigenvalue weighted by Crippen LogP contribution is 2.29. The molecule has 11 nitrogen and oxygen atoms in total. The van der Waals surface area contributed by atoms with Crippen molar-refractivity contribution in [1.29, 1.82) is 5.41 Å². The molecular formula is C31H33N7O4. The van der Waals surface area contributed by atoms with E-state index in [0.717, 1.165) is 17.1 Å². The summed E-state index contributed by atoms with van der Waals surface area (Å²) in [5.74, 6) is 2.24. The number of carbonyl (C=O) groups excluding carboxylic acids is 1. The van der Waals surface area contributed by atoms with Crippen LogP contribution in [0.15, 0.2) is 85.0 Å². The maximum Gasteiger partial charge on any atom is 0.227 e. The standard InChI is InChI=1S/C31H33N7O4/c1-21(39)15-24(32)20-42-28-18-25(17-27(19-28)41-2)35-31(40)22-8-13-37(14-9-22)29-7-11-33-30(36-29)23-5-3-6-26(16-23)38-12-4-10-34-38/h3-7,10-12,15-19,22,32,39H,8-9,13-14,20H2,1-2H3,(H,35,40)/b21-15-,32-24?. The summed E-state index contributed by atoms with van der Waals surface area (Å²) in [7, 11) is 1.54. The number of methoxy groups -OCH3 is 1. The first-order valence-corrected chi connectivity index (χ1v) is 13.6. The number of aliphatic hydroxyl groups is 1. The van der Waals surface area contributed by atoms with Gasteiger partial charge in [0.05, 0.1) is 24.3 Å². The van der Waals surface area contributed by atoms with Crippen LogP contribution in [0.4, 0.5) is 11.5 Å². The molecule has 4 aromatic rings. The Kier molecular flexibility index (Phi) is 8.76. The first-order chi connectivity index (χ1) is 20.4. The summed E-state index contributed by atoms with van der Waals surface area (Å²) < 4.78 is 12.8. The molecule has 2 aromatic heterocycles. The van der Waals surface area contributed by atoms with E-state index in [0.29, 0.717) is 48.9 Å². The first-order valence-electron chi connectivity index (χ1n) is 13.6. The minimum Gasteiger partial charge on any atom is -0.513 e. The number of anilines is 2. The molecule has 0 unspecified atom stereocenters. The monoisotopic (exact) mass is 567 g/mol. The van der Waals surface area contributed by atoms with Crippen LogP contribution in [0, 0.1) is 11.3 Å². The van der Waals surface area contributed by atoms with Crippen molar-refractivity contribution in [3.63, 3.8) is 0 Å². The third-order valence-electron chi connectivity index (χ3n) is 6.86. The van der Waals surface area contributed by atoms with Gasteiger partial charge in [-0.25, -0.2) is 14.6 Å². The first kappa shape index (κ1) is 28.3. The Bertz CT molecular complexity index is 1570. The lowest BCUT2D eigenvalue weighted by atomic mass is 9.95. The number of allylic oxidation sites excluding steroid dienone is 1. The quantitative estimate of drug-likeness (QED) is 0.179. The number of amides is 1. The van der Waals surface area contributed by atoms with Crippen LogP contribution in [0.2, 0.25) is 0 Å². The van der Waals surface area contributed by atoms with Crippen molar-refractivity contribution in [2.24, 2.45) is 5.92 Å². The molecule has 0 bridgehead atoms. The Morgan fingerprint density at radius 1 is 1.12 bits per heavy atom. The van der Waals surface area contributed by atoms with Crippen molar-refractivity contribution in [3.05, 3.63) is 85.0 Å². The van der Waals surface area contributed by atoms with E-state index in [2.05, 4.69) is 20.3 Å². The van der Waals surface area contributed by atoms with Gasteiger partial charge in [0.15, 0.2) is 5.82 Å². The fourth-order valence-electron chi connectivity index (χ4n) is 4.79. The van der Waals surface area contributed by atoms with Gasteiger partial charge < -0.3 is 30.2 Å². The number of nitrogens with zero attached hydrogens (tertiary/aromatic N) is 5. The molecule has 216 valence electrons. The highest BCUT2D eigenvalue weighted by atomic mass is 16.5. The number of carbonyl (C=O) groups is 1. The zero-order valence-corrected chi connectivity index (χ0v) is 23.5. The van der Waals surface area contributed by atoms with Crippen LogP contribution in [0.25, 0.3) is 17.1 Å². The summed E-state index contributed by atoms with van der Waals surface area (Å²) >= 11 is 0. The van der Waals surface area contributed by atoms with Crippen LogP contribution >= 0.6 is 0 Å². The average Bonchev–Trinajstić information content (AvgIpc) is 3.55. The molecule has 0 aliphatic carbocycles. The molecule has 0 spiro atoms. The van der Waals surface area contributed by atoms with Crippen LogP contribution in [-0.2, 0) is 4.79 Å². The summed E-state index contributed by atoms with van der Waals surface area (Å²) in [5, 5.41) is 24.5. The lowest BCUT2D eigenvalue weighted by Gasteiger charge is -2.32. The van der Waals surface area contributed by atoms with Gasteiger partial charge in [-0.2, -0.15) is 5.10 Å². The van der Waals surface area contributed by atoms with E-state index in [1.807, 2.05) is 42.6 Å². The minimum atomic E-state index is -0.158. The molecule has 3 N–H and O–H groups in total. The zero-order valence-electron chi connectivity index (χ0n) is 23.5. The van der Waals surface area contributed by atoms with Gasteiger partial charge in [-0.05, 0) is 50.1 Å². The maximum absolute atomic E-state index is 13.2. The maximum atomic E-state index is 13.2. The number of rotatable bonds is 10. The molecule has 1 aliphatic heterocycles. The Morgan fingerprint density at radius 2 is 1.93 bits per heavy atom. The number of aromatic nitrogens is 4. The molecule has 5 rings (SSSR count). The second-order valence-corrected chi connectivity index (χ2v) is 9.99. The van der Waals surface area contributed by atoms with E-state index >= 15 is 0 Å². The van der Waals surface area contributed by atoms with Crippen molar-refractivity contribution < 1.29 is 19.4 Å². The number of aliphatic hydroxyl groups excluding tert-OH is 1. The molecule has 42 heavy (non-hydrogen) atoms. The van der Waals surface area contributed by atoms with Crippen LogP contribution < -0.4 is 19.7 Å². The predicted molar refractivity (Wildman–Crippen MR) is 161 cm³/mol. The zero-order chi connectivity index (χ0) is 29.5. The molecule has 0 atom stereocenters. The van der Waals surface area contributed by atoms with Gasteiger partial charge in [0.25, 0.3) is 0 Å².